The predicted molar refractivity (Wildman–Crippen MR) is 99.3 cm³/mol. The quantitative estimate of drug-likeness (QED) is 0.807. The largest absolute Gasteiger partial charge is 0.360 e. The molecule has 1 amide bonds. The van der Waals surface area contributed by atoms with E-state index in [2.05, 4.69) is 10.2 Å². The second kappa shape index (κ2) is 7.94. The lowest BCUT2D eigenvalue weighted by Crippen LogP contribution is -3.15. The van der Waals surface area contributed by atoms with Gasteiger partial charge < -0.3 is 15.1 Å². The van der Waals surface area contributed by atoms with E-state index in [-0.39, 0.29) is 11.7 Å². The molecule has 0 unspecified atom stereocenters. The monoisotopic (exact) mass is 338 g/mol. The van der Waals surface area contributed by atoms with E-state index in [0.29, 0.717) is 6.54 Å². The van der Waals surface area contributed by atoms with E-state index in [1.807, 2.05) is 54.6 Å². The third kappa shape index (κ3) is 4.67. The lowest BCUT2D eigenvalue weighted by molar-refractivity contribution is -0.892. The van der Waals surface area contributed by atoms with Gasteiger partial charge in [0.2, 0.25) is 0 Å². The van der Waals surface area contributed by atoms with Crippen LogP contribution in [-0.2, 0) is 4.79 Å². The minimum Gasteiger partial charge on any atom is -0.360 e. The van der Waals surface area contributed by atoms with Gasteiger partial charge in [0, 0.05) is 16.9 Å². The number of anilines is 2. The number of carbonyl (C=O) groups excluding carboxylic acids is 2. The molecule has 25 heavy (non-hydrogen) atoms. The van der Waals surface area contributed by atoms with Crippen LogP contribution >= 0.6 is 0 Å². The van der Waals surface area contributed by atoms with Crippen molar-refractivity contribution >= 4 is 23.1 Å². The number of Topliss-reactive ketones (excluding diaryl/α,β-unsaturated/α-hetero) is 1. The summed E-state index contributed by atoms with van der Waals surface area (Å²) in [5, 5.41) is 2.94. The summed E-state index contributed by atoms with van der Waals surface area (Å²) in [6, 6.07) is 17.3. The summed E-state index contributed by atoms with van der Waals surface area (Å²) in [6.45, 7) is 5.75. The number of benzene rings is 2. The Labute approximate surface area is 148 Å². The zero-order valence-corrected chi connectivity index (χ0v) is 14.5. The highest BCUT2D eigenvalue weighted by atomic mass is 16.2. The molecule has 3 rings (SSSR count). The van der Waals surface area contributed by atoms with E-state index in [1.54, 1.807) is 6.92 Å². The fourth-order valence-electron chi connectivity index (χ4n) is 3.12. The van der Waals surface area contributed by atoms with E-state index in [1.165, 1.54) is 4.90 Å². The molecule has 5 nitrogen and oxygen atoms in total. The SMILES string of the molecule is CC(=O)c1ccc(N2CC[NH+](CC(=O)Nc3ccccc3)CC2)cc1. The summed E-state index contributed by atoms with van der Waals surface area (Å²) >= 11 is 0. The summed E-state index contributed by atoms with van der Waals surface area (Å²) in [7, 11) is 0. The maximum Gasteiger partial charge on any atom is 0.279 e. The zero-order chi connectivity index (χ0) is 17.6. The smallest absolute Gasteiger partial charge is 0.279 e. The average molecular weight is 338 g/mol. The predicted octanol–water partition coefficient (Wildman–Crippen LogP) is 1.23. The van der Waals surface area contributed by atoms with Crippen LogP contribution in [0.1, 0.15) is 17.3 Å². The highest BCUT2D eigenvalue weighted by molar-refractivity contribution is 5.94. The lowest BCUT2D eigenvalue weighted by Gasteiger charge is -2.33. The Morgan fingerprint density at radius 1 is 1.00 bits per heavy atom. The highest BCUT2D eigenvalue weighted by Gasteiger charge is 2.22. The second-order valence-electron chi connectivity index (χ2n) is 6.43. The van der Waals surface area contributed by atoms with E-state index in [0.717, 1.165) is 43.1 Å². The van der Waals surface area contributed by atoms with Crippen molar-refractivity contribution in [3.8, 4) is 0 Å². The average Bonchev–Trinajstić information content (AvgIpc) is 2.63. The summed E-state index contributed by atoms with van der Waals surface area (Å²) in [5.74, 6) is 0.144. The van der Waals surface area contributed by atoms with Gasteiger partial charge in [-0.2, -0.15) is 0 Å². The standard InChI is InChI=1S/C20H23N3O2/c1-16(24)17-7-9-19(10-8-17)23-13-11-22(12-14-23)15-20(25)21-18-5-3-2-4-6-18/h2-10H,11-15H2,1H3,(H,21,25)/p+1. The van der Waals surface area contributed by atoms with Crippen LogP contribution in [0, 0.1) is 0 Å². The van der Waals surface area contributed by atoms with Crippen molar-refractivity contribution in [2.24, 2.45) is 0 Å². The first-order valence-electron chi connectivity index (χ1n) is 8.66. The van der Waals surface area contributed by atoms with Crippen molar-refractivity contribution in [1.82, 2.24) is 0 Å². The Balaban J connectivity index is 1.48. The summed E-state index contributed by atoms with van der Waals surface area (Å²) < 4.78 is 0. The van der Waals surface area contributed by atoms with Crippen LogP contribution < -0.4 is 15.1 Å². The van der Waals surface area contributed by atoms with E-state index < -0.39 is 0 Å². The molecule has 1 fully saturated rings. The van der Waals surface area contributed by atoms with Gasteiger partial charge in [-0.3, -0.25) is 9.59 Å². The number of para-hydroxylation sites is 1. The van der Waals surface area contributed by atoms with E-state index in [4.69, 9.17) is 0 Å². The van der Waals surface area contributed by atoms with E-state index in [9.17, 15) is 9.59 Å². The van der Waals surface area contributed by atoms with Gasteiger partial charge in [0.05, 0.1) is 26.2 Å². The van der Waals surface area contributed by atoms with Gasteiger partial charge in [0.15, 0.2) is 12.3 Å². The van der Waals surface area contributed by atoms with Crippen molar-refractivity contribution < 1.29 is 14.5 Å². The summed E-state index contributed by atoms with van der Waals surface area (Å²) in [4.78, 5) is 27.1. The van der Waals surface area contributed by atoms with Crippen LogP contribution in [-0.4, -0.2) is 44.4 Å². The second-order valence-corrected chi connectivity index (χ2v) is 6.43. The number of hydrogen-bond acceptors (Lipinski definition) is 3. The van der Waals surface area contributed by atoms with Crippen molar-refractivity contribution in [3.05, 3.63) is 60.2 Å². The van der Waals surface area contributed by atoms with Crippen LogP contribution in [0.4, 0.5) is 11.4 Å². The number of nitrogens with one attached hydrogen (secondary N) is 2. The number of piperazine rings is 1. The zero-order valence-electron chi connectivity index (χ0n) is 14.5. The van der Waals surface area contributed by atoms with Crippen LogP contribution in [0.5, 0.6) is 0 Å². The molecule has 0 atom stereocenters. The van der Waals surface area contributed by atoms with Crippen LogP contribution in [0.25, 0.3) is 0 Å². The molecule has 1 heterocycles. The van der Waals surface area contributed by atoms with Gasteiger partial charge in [-0.15, -0.1) is 0 Å². The molecular formula is C20H24N3O2+. The number of quaternary nitrogens is 1. The number of carbonyl (C=O) groups is 2. The van der Waals surface area contributed by atoms with Gasteiger partial charge in [0.25, 0.3) is 5.91 Å². The molecule has 1 aliphatic rings. The van der Waals surface area contributed by atoms with Gasteiger partial charge >= 0.3 is 0 Å². The molecule has 1 saturated heterocycles. The molecule has 0 saturated carbocycles. The Hall–Kier alpha value is -2.66. The van der Waals surface area contributed by atoms with Gasteiger partial charge in [-0.05, 0) is 43.3 Å². The Kier molecular flexibility index (Phi) is 5.46. The first-order chi connectivity index (χ1) is 12.1. The minimum absolute atomic E-state index is 0.0560. The van der Waals surface area contributed by atoms with Crippen LogP contribution in [0.3, 0.4) is 0 Å². The number of ketones is 1. The Morgan fingerprint density at radius 2 is 1.64 bits per heavy atom. The third-order valence-electron chi connectivity index (χ3n) is 4.58. The molecule has 0 spiro atoms. The molecule has 2 aromatic rings. The Bertz CT molecular complexity index is 720. The van der Waals surface area contributed by atoms with Crippen molar-refractivity contribution in [3.63, 3.8) is 0 Å². The third-order valence-corrected chi connectivity index (χ3v) is 4.58. The molecule has 0 aliphatic carbocycles. The van der Waals surface area contributed by atoms with Gasteiger partial charge in [-0.1, -0.05) is 18.2 Å². The van der Waals surface area contributed by atoms with Crippen molar-refractivity contribution in [2.75, 3.05) is 42.9 Å². The normalized spacial score (nSPS) is 15.0. The topological polar surface area (TPSA) is 53.9 Å². The number of hydrogen-bond donors (Lipinski definition) is 2. The number of rotatable bonds is 5. The fraction of sp³-hybridized carbons (Fsp3) is 0.300. The summed E-state index contributed by atoms with van der Waals surface area (Å²) in [5.41, 5.74) is 2.72. The molecule has 0 bridgehead atoms. The minimum atomic E-state index is 0.0560. The molecular weight excluding hydrogens is 314 g/mol. The molecule has 2 N–H and O–H groups in total. The first-order valence-corrected chi connectivity index (χ1v) is 8.66. The number of nitrogens with zero attached hydrogens (tertiary/aromatic N) is 1. The highest BCUT2D eigenvalue weighted by Crippen LogP contribution is 2.15. The van der Waals surface area contributed by atoms with Crippen molar-refractivity contribution in [2.45, 2.75) is 6.92 Å². The first kappa shape index (κ1) is 17.2. The maximum absolute atomic E-state index is 12.2. The number of amides is 1. The van der Waals surface area contributed by atoms with Crippen LogP contribution in [0.15, 0.2) is 54.6 Å². The van der Waals surface area contributed by atoms with E-state index >= 15 is 0 Å². The Morgan fingerprint density at radius 3 is 2.24 bits per heavy atom. The van der Waals surface area contributed by atoms with Crippen LogP contribution in [0.2, 0.25) is 0 Å². The molecule has 0 radical (unpaired) electrons. The van der Waals surface area contributed by atoms with Gasteiger partial charge in [0.1, 0.15) is 0 Å². The van der Waals surface area contributed by atoms with Gasteiger partial charge in [-0.25, -0.2) is 0 Å². The molecule has 130 valence electrons. The maximum atomic E-state index is 12.2. The summed E-state index contributed by atoms with van der Waals surface area (Å²) in [6.07, 6.45) is 0. The fourth-order valence-corrected chi connectivity index (χ4v) is 3.12. The molecule has 0 aromatic heterocycles. The molecule has 2 aromatic carbocycles. The molecule has 5 heteroatoms. The van der Waals surface area contributed by atoms with Crippen molar-refractivity contribution in [1.29, 1.82) is 0 Å². The molecule has 1 aliphatic heterocycles. The lowest BCUT2D eigenvalue weighted by atomic mass is 10.1.